The van der Waals surface area contributed by atoms with Crippen molar-refractivity contribution < 1.29 is 14.3 Å². The Morgan fingerprint density at radius 3 is 2.89 bits per heavy atom. The predicted octanol–water partition coefficient (Wildman–Crippen LogP) is 3.99. The average Bonchev–Trinajstić information content (AvgIpc) is 2.62. The average molecular weight is 405 g/mol. The molecule has 7 heteroatoms. The third-order valence-corrected chi connectivity index (χ3v) is 5.74. The summed E-state index contributed by atoms with van der Waals surface area (Å²) in [6.45, 7) is 2.86. The molecule has 5 nitrogen and oxygen atoms in total. The Kier molecular flexibility index (Phi) is 6.29. The predicted molar refractivity (Wildman–Crippen MR) is 109 cm³/mol. The van der Waals surface area contributed by atoms with Gasteiger partial charge in [0, 0.05) is 23.4 Å². The summed E-state index contributed by atoms with van der Waals surface area (Å²) in [4.78, 5) is 27.3. The van der Waals surface area contributed by atoms with Gasteiger partial charge in [0.1, 0.15) is 12.4 Å². The maximum atomic E-state index is 12.5. The maximum absolute atomic E-state index is 12.5. The topological polar surface area (TPSA) is 58.6 Å². The molecule has 1 unspecified atom stereocenters. The fraction of sp³-hybridized carbons (Fsp3) is 0.300. The summed E-state index contributed by atoms with van der Waals surface area (Å²) in [6, 6.07) is 13.1. The van der Waals surface area contributed by atoms with Gasteiger partial charge in [0.2, 0.25) is 11.8 Å². The van der Waals surface area contributed by atoms with E-state index in [1.165, 1.54) is 11.8 Å². The van der Waals surface area contributed by atoms with E-state index >= 15 is 0 Å². The second-order valence-corrected chi connectivity index (χ2v) is 8.10. The Labute approximate surface area is 168 Å². The molecule has 3 rings (SSSR count). The number of hydrogen-bond acceptors (Lipinski definition) is 4. The third kappa shape index (κ3) is 5.17. The lowest BCUT2D eigenvalue weighted by Crippen LogP contribution is -2.37. The first-order valence-corrected chi connectivity index (χ1v) is 9.88. The van der Waals surface area contributed by atoms with Crippen LogP contribution in [-0.2, 0) is 9.59 Å². The number of hydrogen-bond donors (Lipinski definition) is 1. The van der Waals surface area contributed by atoms with Gasteiger partial charge in [-0.1, -0.05) is 23.7 Å². The van der Waals surface area contributed by atoms with E-state index in [9.17, 15) is 9.59 Å². The number of aryl methyl sites for hydroxylation is 1. The first-order chi connectivity index (χ1) is 12.9. The molecule has 0 saturated heterocycles. The molecule has 0 bridgehead atoms. The molecule has 1 aliphatic heterocycles. The first kappa shape index (κ1) is 19.6. The van der Waals surface area contributed by atoms with Crippen LogP contribution < -0.4 is 10.1 Å². The normalized spacial score (nSPS) is 15.7. The molecule has 0 radical (unpaired) electrons. The largest absolute Gasteiger partial charge is 0.492 e. The molecule has 0 saturated carbocycles. The van der Waals surface area contributed by atoms with Gasteiger partial charge in [0.15, 0.2) is 0 Å². The number of likely N-dealkylation sites (N-methyl/N-ethyl adjacent to an activating group) is 1. The Balaban J connectivity index is 1.50. The van der Waals surface area contributed by atoms with E-state index in [2.05, 4.69) is 5.32 Å². The van der Waals surface area contributed by atoms with Gasteiger partial charge in [-0.2, -0.15) is 0 Å². The van der Waals surface area contributed by atoms with Crippen LogP contribution in [0.1, 0.15) is 12.0 Å². The van der Waals surface area contributed by atoms with E-state index in [0.29, 0.717) is 23.9 Å². The zero-order valence-electron chi connectivity index (χ0n) is 15.2. The molecule has 142 valence electrons. The molecule has 1 heterocycles. The quantitative estimate of drug-likeness (QED) is 0.790. The molecule has 2 amide bonds. The van der Waals surface area contributed by atoms with E-state index < -0.39 is 5.25 Å². The lowest BCUT2D eigenvalue weighted by molar-refractivity contribution is -0.131. The molecule has 0 aliphatic carbocycles. The highest BCUT2D eigenvalue weighted by Gasteiger charge is 2.30. The molecule has 1 atom stereocenters. The van der Waals surface area contributed by atoms with Crippen molar-refractivity contribution in [1.82, 2.24) is 4.90 Å². The lowest BCUT2D eigenvalue weighted by atomic mass is 10.2. The number of anilines is 1. The van der Waals surface area contributed by atoms with Crippen LogP contribution in [0.15, 0.2) is 47.4 Å². The fourth-order valence-electron chi connectivity index (χ4n) is 2.70. The monoisotopic (exact) mass is 404 g/mol. The van der Waals surface area contributed by atoms with Crippen molar-refractivity contribution in [3.8, 4) is 5.75 Å². The van der Waals surface area contributed by atoms with Crippen LogP contribution in [0.25, 0.3) is 0 Å². The van der Waals surface area contributed by atoms with Gasteiger partial charge in [0.05, 0.1) is 17.5 Å². The van der Waals surface area contributed by atoms with E-state index in [4.69, 9.17) is 16.3 Å². The van der Waals surface area contributed by atoms with Crippen LogP contribution in [-0.4, -0.2) is 42.2 Å². The van der Waals surface area contributed by atoms with Gasteiger partial charge in [-0.25, -0.2) is 0 Å². The number of fused-ring (bicyclic) bond motifs is 1. The highest BCUT2D eigenvalue weighted by atomic mass is 35.5. The van der Waals surface area contributed by atoms with Gasteiger partial charge < -0.3 is 15.0 Å². The second-order valence-electron chi connectivity index (χ2n) is 6.42. The zero-order chi connectivity index (χ0) is 19.4. The van der Waals surface area contributed by atoms with Gasteiger partial charge in [-0.15, -0.1) is 11.8 Å². The number of benzene rings is 2. The number of thioether (sulfide) groups is 1. The summed E-state index contributed by atoms with van der Waals surface area (Å²) < 4.78 is 5.69. The van der Waals surface area contributed by atoms with Gasteiger partial charge in [0.25, 0.3) is 0 Å². The van der Waals surface area contributed by atoms with Crippen molar-refractivity contribution in [2.75, 3.05) is 25.5 Å². The van der Waals surface area contributed by atoms with Crippen LogP contribution in [0.4, 0.5) is 5.69 Å². The zero-order valence-corrected chi connectivity index (χ0v) is 16.8. The molecular weight excluding hydrogens is 384 g/mol. The van der Waals surface area contributed by atoms with E-state index in [0.717, 1.165) is 16.2 Å². The Hall–Kier alpha value is -2.18. The number of halogens is 1. The van der Waals surface area contributed by atoms with Crippen LogP contribution in [0.3, 0.4) is 0 Å². The van der Waals surface area contributed by atoms with Gasteiger partial charge >= 0.3 is 0 Å². The summed E-state index contributed by atoms with van der Waals surface area (Å²) in [5.41, 5.74) is 1.82. The molecule has 2 aromatic carbocycles. The van der Waals surface area contributed by atoms with Crippen molar-refractivity contribution in [2.45, 2.75) is 23.5 Å². The summed E-state index contributed by atoms with van der Waals surface area (Å²) in [6.07, 6.45) is 0.138. The molecular formula is C20H21ClN2O3S. The summed E-state index contributed by atoms with van der Waals surface area (Å²) in [7, 11) is 1.72. The molecule has 1 aliphatic rings. The molecule has 27 heavy (non-hydrogen) atoms. The first-order valence-electron chi connectivity index (χ1n) is 8.63. The minimum absolute atomic E-state index is 0.0899. The molecule has 0 fully saturated rings. The lowest BCUT2D eigenvalue weighted by Gasteiger charge is -2.25. The number of nitrogens with one attached hydrogen (secondary N) is 1. The Morgan fingerprint density at radius 2 is 2.11 bits per heavy atom. The van der Waals surface area contributed by atoms with Crippen molar-refractivity contribution in [3.63, 3.8) is 0 Å². The number of carbonyl (C=O) groups excluding carboxylic acids is 2. The number of rotatable bonds is 6. The Morgan fingerprint density at radius 1 is 1.30 bits per heavy atom. The summed E-state index contributed by atoms with van der Waals surface area (Å²) >= 11 is 7.35. The van der Waals surface area contributed by atoms with Crippen molar-refractivity contribution in [2.24, 2.45) is 0 Å². The molecule has 0 spiro atoms. The van der Waals surface area contributed by atoms with Gasteiger partial charge in [-0.05, 0) is 42.8 Å². The Bertz CT molecular complexity index is 859. The van der Waals surface area contributed by atoms with Gasteiger partial charge in [-0.3, -0.25) is 9.59 Å². The highest BCUT2D eigenvalue weighted by molar-refractivity contribution is 8.01. The minimum atomic E-state index is -0.452. The molecule has 2 aromatic rings. The fourth-order valence-corrected chi connectivity index (χ4v) is 3.96. The van der Waals surface area contributed by atoms with Crippen molar-refractivity contribution in [1.29, 1.82) is 0 Å². The van der Waals surface area contributed by atoms with E-state index in [1.807, 2.05) is 37.3 Å². The molecule has 0 aromatic heterocycles. The van der Waals surface area contributed by atoms with E-state index in [-0.39, 0.29) is 18.2 Å². The molecule has 1 N–H and O–H groups in total. The standard InChI is InChI=1S/C20H21ClN2O3S/c1-13-4-3-5-15(10-13)26-9-8-23(2)19(24)12-18-20(25)22-16-11-14(21)6-7-17(16)27-18/h3-7,10-11,18H,8-9,12H2,1-2H3,(H,22,25). The minimum Gasteiger partial charge on any atom is -0.492 e. The third-order valence-electron chi connectivity index (χ3n) is 4.23. The number of ether oxygens (including phenoxy) is 1. The summed E-state index contributed by atoms with van der Waals surface area (Å²) in [5, 5.41) is 2.94. The van der Waals surface area contributed by atoms with Crippen molar-refractivity contribution in [3.05, 3.63) is 53.1 Å². The second kappa shape index (κ2) is 8.67. The number of carbonyl (C=O) groups is 2. The van der Waals surface area contributed by atoms with Crippen LogP contribution in [0.5, 0.6) is 5.75 Å². The number of nitrogens with zero attached hydrogens (tertiary/aromatic N) is 1. The van der Waals surface area contributed by atoms with Crippen LogP contribution in [0, 0.1) is 6.92 Å². The maximum Gasteiger partial charge on any atom is 0.238 e. The van der Waals surface area contributed by atoms with Crippen LogP contribution >= 0.6 is 23.4 Å². The van der Waals surface area contributed by atoms with E-state index in [1.54, 1.807) is 24.1 Å². The van der Waals surface area contributed by atoms with Crippen molar-refractivity contribution >= 4 is 40.9 Å². The number of amides is 2. The van der Waals surface area contributed by atoms with Crippen LogP contribution in [0.2, 0.25) is 5.02 Å². The smallest absolute Gasteiger partial charge is 0.238 e. The SMILES string of the molecule is Cc1cccc(OCCN(C)C(=O)CC2Sc3ccc(Cl)cc3NC2=O)c1. The summed E-state index contributed by atoms with van der Waals surface area (Å²) in [5.74, 6) is 0.522. The highest BCUT2D eigenvalue weighted by Crippen LogP contribution is 2.38.